The third kappa shape index (κ3) is 79.9. The Bertz CT molecular complexity index is 2010. The van der Waals surface area contributed by atoms with Gasteiger partial charge in [-0.05, 0) is 37.5 Å². The molecule has 0 radical (unpaired) electrons. The Kier molecular flexibility index (Phi) is 76.0. The Balaban J connectivity index is 5.26. The number of carbonyl (C=O) groups is 4. The van der Waals surface area contributed by atoms with Crippen molar-refractivity contribution in [3.05, 3.63) is 0 Å². The summed E-state index contributed by atoms with van der Waals surface area (Å²) >= 11 is 0. The Morgan fingerprint density at radius 2 is 0.438 bits per heavy atom. The summed E-state index contributed by atoms with van der Waals surface area (Å²) in [4.78, 5) is 73.3. The molecule has 0 fully saturated rings. The van der Waals surface area contributed by atoms with Crippen LogP contribution in [0.3, 0.4) is 0 Å². The van der Waals surface area contributed by atoms with Gasteiger partial charge in [0.05, 0.1) is 26.4 Å². The number of esters is 4. The van der Waals surface area contributed by atoms with Gasteiger partial charge < -0.3 is 33.8 Å². The molecule has 105 heavy (non-hydrogen) atoms. The maximum absolute atomic E-state index is 13.1. The molecule has 0 aromatic rings. The first kappa shape index (κ1) is 103. The molecule has 0 amide bonds. The second-order valence-electron chi connectivity index (χ2n) is 31.9. The molecular weight excluding hydrogens is 1370 g/mol. The Labute approximate surface area is 645 Å². The van der Waals surface area contributed by atoms with Crippen LogP contribution in [0, 0.1) is 11.8 Å². The van der Waals surface area contributed by atoms with Crippen LogP contribution in [0.4, 0.5) is 0 Å². The molecule has 5 atom stereocenters. The maximum Gasteiger partial charge on any atom is 0.472 e. The Morgan fingerprint density at radius 1 is 0.257 bits per heavy atom. The van der Waals surface area contributed by atoms with Crippen LogP contribution in [0.5, 0.6) is 0 Å². The molecule has 0 saturated heterocycles. The van der Waals surface area contributed by atoms with E-state index in [0.29, 0.717) is 25.7 Å². The van der Waals surface area contributed by atoms with Crippen LogP contribution in [0.2, 0.25) is 0 Å². The smallest absolute Gasteiger partial charge is 0.462 e. The second kappa shape index (κ2) is 77.4. The van der Waals surface area contributed by atoms with Gasteiger partial charge in [-0.15, -0.1) is 0 Å². The summed E-state index contributed by atoms with van der Waals surface area (Å²) in [5.41, 5.74) is 0. The SMILES string of the molecule is CCCCCCCCCCCCCCCCCCCCC(=O)OC[C@H](COP(=O)(O)OC[C@@H](O)COP(=O)(O)OC[C@@H](COC(=O)CCCCCCCCCCCCCC)OC(=O)CCCCCCCCCCCCCCCCC(C)C)OC(=O)CCCCCCCCCCCCCCCCCC(C)C. The minimum Gasteiger partial charge on any atom is -0.462 e. The van der Waals surface area contributed by atoms with Crippen LogP contribution in [0.15, 0.2) is 0 Å². The molecule has 0 aliphatic rings. The number of unbranched alkanes of at least 4 members (excludes halogenated alkanes) is 55. The summed E-state index contributed by atoms with van der Waals surface area (Å²) in [5.74, 6) is -0.502. The van der Waals surface area contributed by atoms with Gasteiger partial charge in [-0.3, -0.25) is 37.3 Å². The van der Waals surface area contributed by atoms with E-state index >= 15 is 0 Å². The lowest BCUT2D eigenvalue weighted by Crippen LogP contribution is -2.30. The van der Waals surface area contributed by atoms with Crippen LogP contribution in [0.25, 0.3) is 0 Å². The highest BCUT2D eigenvalue weighted by Gasteiger charge is 2.30. The van der Waals surface area contributed by atoms with Crippen molar-refractivity contribution in [2.24, 2.45) is 11.8 Å². The van der Waals surface area contributed by atoms with Crippen molar-refractivity contribution in [3.63, 3.8) is 0 Å². The van der Waals surface area contributed by atoms with Gasteiger partial charge >= 0.3 is 39.5 Å². The van der Waals surface area contributed by atoms with Gasteiger partial charge in [0.2, 0.25) is 0 Å². The van der Waals surface area contributed by atoms with Gasteiger partial charge in [0, 0.05) is 25.7 Å². The quantitative estimate of drug-likeness (QED) is 0.0222. The van der Waals surface area contributed by atoms with Crippen LogP contribution in [0.1, 0.15) is 459 Å². The lowest BCUT2D eigenvalue weighted by molar-refractivity contribution is -0.161. The van der Waals surface area contributed by atoms with Crippen molar-refractivity contribution >= 4 is 39.5 Å². The fourth-order valence-corrected chi connectivity index (χ4v) is 15.0. The molecule has 3 N–H and O–H groups in total. The molecule has 17 nitrogen and oxygen atoms in total. The molecule has 624 valence electrons. The average molecular weight is 1540 g/mol. The fraction of sp³-hybridized carbons (Fsp3) is 0.953. The van der Waals surface area contributed by atoms with Crippen molar-refractivity contribution in [1.29, 1.82) is 0 Å². The second-order valence-corrected chi connectivity index (χ2v) is 34.8. The number of ether oxygens (including phenoxy) is 4. The third-order valence-corrected chi connectivity index (χ3v) is 22.1. The number of aliphatic hydroxyl groups is 1. The van der Waals surface area contributed by atoms with Crippen LogP contribution in [-0.2, 0) is 65.4 Å². The molecule has 0 aromatic carbocycles. The maximum atomic E-state index is 13.1. The van der Waals surface area contributed by atoms with Gasteiger partial charge in [-0.1, -0.05) is 408 Å². The van der Waals surface area contributed by atoms with Gasteiger partial charge in [-0.25, -0.2) is 9.13 Å². The molecule has 19 heteroatoms. The molecule has 0 aliphatic carbocycles. The van der Waals surface area contributed by atoms with E-state index in [1.54, 1.807) is 0 Å². The first-order chi connectivity index (χ1) is 50.9. The summed E-state index contributed by atoms with van der Waals surface area (Å²) < 4.78 is 68.9. The zero-order valence-electron chi connectivity index (χ0n) is 69.0. The molecule has 0 bridgehead atoms. The summed E-state index contributed by atoms with van der Waals surface area (Å²) in [6.07, 6.45) is 69.3. The number of rotatable bonds is 85. The first-order valence-corrected chi connectivity index (χ1v) is 47.5. The van der Waals surface area contributed by atoms with Crippen molar-refractivity contribution in [3.8, 4) is 0 Å². The molecular formula is C86H168O17P2. The number of phosphoric acid groups is 2. The monoisotopic (exact) mass is 1540 g/mol. The third-order valence-electron chi connectivity index (χ3n) is 20.2. The number of aliphatic hydroxyl groups excluding tert-OH is 1. The minimum atomic E-state index is -4.97. The highest BCUT2D eigenvalue weighted by molar-refractivity contribution is 7.47. The lowest BCUT2D eigenvalue weighted by Gasteiger charge is -2.21. The molecule has 2 unspecified atom stereocenters. The van der Waals surface area contributed by atoms with Gasteiger partial charge in [-0.2, -0.15) is 0 Å². The van der Waals surface area contributed by atoms with Crippen molar-refractivity contribution in [2.45, 2.75) is 477 Å². The number of hydrogen-bond acceptors (Lipinski definition) is 15. The zero-order valence-corrected chi connectivity index (χ0v) is 70.8. The van der Waals surface area contributed by atoms with E-state index in [0.717, 1.165) is 102 Å². The standard InChI is InChI=1S/C86H168O17P2/c1-7-9-11-13-15-17-19-21-22-23-24-27-33-39-45-51-57-63-69-84(89)97-75-82(103-85(90)70-64-58-52-46-40-34-28-25-26-31-36-42-48-54-60-66-78(3)4)77-101-105(94,95)99-73-80(87)72-98-104(92,93)100-76-81(74-96-83(88)68-62-56-50-44-38-20-18-16-14-12-10-8-2)102-86(91)71-65-59-53-47-41-35-30-29-32-37-43-49-55-61-67-79(5)6/h78-82,87H,7-77H2,1-6H3,(H,92,93)(H,94,95)/t80-,81+,82+/m0/s1. The topological polar surface area (TPSA) is 237 Å². The van der Waals surface area contributed by atoms with Crippen molar-refractivity contribution in [2.75, 3.05) is 39.6 Å². The lowest BCUT2D eigenvalue weighted by atomic mass is 10.0. The van der Waals surface area contributed by atoms with Crippen LogP contribution >= 0.6 is 15.6 Å². The first-order valence-electron chi connectivity index (χ1n) is 44.5. The van der Waals surface area contributed by atoms with E-state index in [-0.39, 0.29) is 25.7 Å². The fourth-order valence-electron chi connectivity index (χ4n) is 13.4. The van der Waals surface area contributed by atoms with Crippen molar-refractivity contribution < 1.29 is 80.2 Å². The Hall–Kier alpha value is -1.94. The predicted octanol–water partition coefficient (Wildman–Crippen LogP) is 26.2. The molecule has 0 saturated carbocycles. The molecule has 0 aliphatic heterocycles. The summed E-state index contributed by atoms with van der Waals surface area (Å²) in [6.45, 7) is 9.73. The van der Waals surface area contributed by atoms with E-state index in [2.05, 4.69) is 41.5 Å². The van der Waals surface area contributed by atoms with Crippen molar-refractivity contribution in [1.82, 2.24) is 0 Å². The average Bonchev–Trinajstić information content (AvgIpc) is 0.908. The van der Waals surface area contributed by atoms with Gasteiger partial charge in [0.25, 0.3) is 0 Å². The normalized spacial score (nSPS) is 13.8. The largest absolute Gasteiger partial charge is 0.472 e. The number of hydrogen-bond donors (Lipinski definition) is 3. The molecule has 0 spiro atoms. The van der Waals surface area contributed by atoms with Crippen LogP contribution < -0.4 is 0 Å². The summed E-state index contributed by atoms with van der Waals surface area (Å²) in [7, 11) is -9.93. The number of phosphoric ester groups is 2. The van der Waals surface area contributed by atoms with E-state index in [9.17, 15) is 43.2 Å². The van der Waals surface area contributed by atoms with Gasteiger partial charge in [0.1, 0.15) is 19.3 Å². The Morgan fingerprint density at radius 3 is 0.648 bits per heavy atom. The van der Waals surface area contributed by atoms with Crippen LogP contribution in [-0.4, -0.2) is 96.7 Å². The predicted molar refractivity (Wildman–Crippen MR) is 432 cm³/mol. The summed E-state index contributed by atoms with van der Waals surface area (Å²) in [6, 6.07) is 0. The zero-order chi connectivity index (χ0) is 77.1. The summed E-state index contributed by atoms with van der Waals surface area (Å²) in [5, 5.41) is 10.7. The van der Waals surface area contributed by atoms with E-state index in [1.165, 1.54) is 276 Å². The van der Waals surface area contributed by atoms with E-state index < -0.39 is 97.5 Å². The molecule has 0 aromatic heterocycles. The highest BCUT2D eigenvalue weighted by atomic mass is 31.2. The minimum absolute atomic E-state index is 0.108. The molecule has 0 rings (SSSR count). The van der Waals surface area contributed by atoms with Gasteiger partial charge in [0.15, 0.2) is 12.2 Å². The molecule has 0 heterocycles. The number of carbonyl (C=O) groups excluding carboxylic acids is 4. The van der Waals surface area contributed by atoms with E-state index in [4.69, 9.17) is 37.0 Å². The van der Waals surface area contributed by atoms with E-state index in [1.807, 2.05) is 0 Å². The highest BCUT2D eigenvalue weighted by Crippen LogP contribution is 2.45.